The second kappa shape index (κ2) is 9.11. The number of aromatic hydroxyl groups is 1. The minimum atomic E-state index is 0.143. The van der Waals surface area contributed by atoms with Crippen LogP contribution in [0.5, 0.6) is 5.75 Å². The monoisotopic (exact) mass is 507 g/mol. The third kappa shape index (κ3) is 4.01. The molecule has 0 unspecified atom stereocenters. The number of likely N-dealkylation sites (N-methyl/N-ethyl adjacent to an activating group) is 1. The highest BCUT2D eigenvalue weighted by atomic mass is 16.5. The van der Waals surface area contributed by atoms with Crippen molar-refractivity contribution < 1.29 is 9.63 Å². The summed E-state index contributed by atoms with van der Waals surface area (Å²) in [6.07, 6.45) is 0. The molecule has 9 heteroatoms. The summed E-state index contributed by atoms with van der Waals surface area (Å²) in [4.78, 5) is 20.1. The number of aromatic amines is 1. The first-order chi connectivity index (χ1) is 18.3. The zero-order chi connectivity index (χ0) is 26.6. The molecule has 2 aromatic carbocycles. The van der Waals surface area contributed by atoms with Crippen molar-refractivity contribution in [1.29, 1.82) is 0 Å². The number of H-pyrrole nitrogens is 1. The Hall–Kier alpha value is -4.50. The maximum Gasteiger partial charge on any atom is 0.142 e. The van der Waals surface area contributed by atoms with Gasteiger partial charge in [0.1, 0.15) is 28.8 Å². The zero-order valence-corrected chi connectivity index (χ0v) is 22.0. The van der Waals surface area contributed by atoms with E-state index in [1.807, 2.05) is 59.1 Å². The molecule has 38 heavy (non-hydrogen) atoms. The van der Waals surface area contributed by atoms with Gasteiger partial charge in [-0.25, -0.2) is 15.0 Å². The third-order valence-electron chi connectivity index (χ3n) is 6.82. The van der Waals surface area contributed by atoms with E-state index in [0.29, 0.717) is 22.8 Å². The molecule has 0 saturated carbocycles. The van der Waals surface area contributed by atoms with Gasteiger partial charge >= 0.3 is 0 Å². The van der Waals surface area contributed by atoms with E-state index in [-0.39, 0.29) is 5.75 Å². The molecule has 0 atom stereocenters. The summed E-state index contributed by atoms with van der Waals surface area (Å²) >= 11 is 0. The summed E-state index contributed by atoms with van der Waals surface area (Å²) in [7, 11) is 4.09. The molecule has 0 saturated heterocycles. The van der Waals surface area contributed by atoms with Gasteiger partial charge in [0.2, 0.25) is 0 Å². The number of anilines is 1. The number of nitrogens with one attached hydrogen (secondary N) is 2. The Balaban J connectivity index is 1.60. The first-order valence-corrected chi connectivity index (χ1v) is 12.5. The van der Waals surface area contributed by atoms with Crippen molar-refractivity contribution in [3.05, 3.63) is 59.7 Å². The molecule has 0 spiro atoms. The van der Waals surface area contributed by atoms with Gasteiger partial charge in [0, 0.05) is 40.5 Å². The molecule has 6 rings (SSSR count). The third-order valence-corrected chi connectivity index (χ3v) is 6.82. The summed E-state index contributed by atoms with van der Waals surface area (Å²) in [5.41, 5.74) is 6.35. The molecule has 192 valence electrons. The molecule has 0 fully saturated rings. The number of rotatable bonds is 6. The van der Waals surface area contributed by atoms with Gasteiger partial charge in [0.05, 0.1) is 27.9 Å². The summed E-state index contributed by atoms with van der Waals surface area (Å²) in [5, 5.41) is 21.3. The van der Waals surface area contributed by atoms with Crippen molar-refractivity contribution in [2.24, 2.45) is 0 Å². The van der Waals surface area contributed by atoms with Crippen LogP contribution in [0.4, 0.5) is 5.82 Å². The Labute approximate surface area is 219 Å². The van der Waals surface area contributed by atoms with Gasteiger partial charge in [-0.2, -0.15) is 0 Å². The van der Waals surface area contributed by atoms with Crippen LogP contribution in [0, 0.1) is 20.8 Å². The van der Waals surface area contributed by atoms with Crippen LogP contribution in [0.3, 0.4) is 0 Å². The number of benzene rings is 2. The fourth-order valence-corrected chi connectivity index (χ4v) is 5.08. The lowest BCUT2D eigenvalue weighted by atomic mass is 9.99. The number of fused-ring (bicyclic) bond motifs is 4. The second-order valence-corrected chi connectivity index (χ2v) is 9.88. The molecule has 0 bridgehead atoms. The fraction of sp³-hybridized carbons (Fsp3) is 0.241. The summed E-state index contributed by atoms with van der Waals surface area (Å²) in [6, 6.07) is 13.8. The van der Waals surface area contributed by atoms with Crippen molar-refractivity contribution in [3.8, 4) is 28.1 Å². The summed E-state index contributed by atoms with van der Waals surface area (Å²) in [6.45, 7) is 7.25. The number of aromatic nitrogens is 5. The van der Waals surface area contributed by atoms with E-state index in [1.165, 1.54) is 0 Å². The lowest BCUT2D eigenvalue weighted by Gasteiger charge is -2.14. The molecule has 0 amide bonds. The van der Waals surface area contributed by atoms with Crippen molar-refractivity contribution in [1.82, 2.24) is 30.0 Å². The number of para-hydroxylation sites is 1. The van der Waals surface area contributed by atoms with Crippen LogP contribution < -0.4 is 5.32 Å². The van der Waals surface area contributed by atoms with Gasteiger partial charge in [-0.1, -0.05) is 23.4 Å². The van der Waals surface area contributed by atoms with E-state index in [9.17, 15) is 5.11 Å². The molecule has 0 aliphatic heterocycles. The van der Waals surface area contributed by atoms with E-state index < -0.39 is 0 Å². The van der Waals surface area contributed by atoms with E-state index >= 15 is 0 Å². The highest BCUT2D eigenvalue weighted by Gasteiger charge is 2.21. The van der Waals surface area contributed by atoms with E-state index in [4.69, 9.17) is 19.5 Å². The van der Waals surface area contributed by atoms with Crippen LogP contribution in [-0.4, -0.2) is 62.3 Å². The largest absolute Gasteiger partial charge is 0.507 e. The predicted octanol–water partition coefficient (Wildman–Crippen LogP) is 5.59. The Morgan fingerprint density at radius 3 is 2.55 bits per heavy atom. The SMILES string of the molecule is Cc1nc(-c2cc(NCCN(C)C)nc3ccccc23)c2c(n1)[nH]c1cc(-c3c(C)noc3C)c(O)cc12. The van der Waals surface area contributed by atoms with Gasteiger partial charge in [-0.3, -0.25) is 0 Å². The maximum absolute atomic E-state index is 11.1. The van der Waals surface area contributed by atoms with E-state index in [2.05, 4.69) is 32.5 Å². The van der Waals surface area contributed by atoms with Gasteiger partial charge in [-0.05, 0) is 59.1 Å². The summed E-state index contributed by atoms with van der Waals surface area (Å²) < 4.78 is 5.35. The van der Waals surface area contributed by atoms with Crippen LogP contribution in [0.15, 0.2) is 47.0 Å². The first kappa shape index (κ1) is 23.9. The molecular formula is C29H29N7O2. The Kier molecular flexibility index (Phi) is 5.72. The topological polar surface area (TPSA) is 116 Å². The summed E-state index contributed by atoms with van der Waals surface area (Å²) in [5.74, 6) is 2.23. The fourth-order valence-electron chi connectivity index (χ4n) is 5.08. The maximum atomic E-state index is 11.1. The normalized spacial score (nSPS) is 11.8. The smallest absolute Gasteiger partial charge is 0.142 e. The molecule has 0 radical (unpaired) electrons. The quantitative estimate of drug-likeness (QED) is 0.267. The minimum Gasteiger partial charge on any atom is -0.507 e. The van der Waals surface area contributed by atoms with Crippen LogP contribution in [0.1, 0.15) is 17.3 Å². The van der Waals surface area contributed by atoms with Crippen LogP contribution >= 0.6 is 0 Å². The van der Waals surface area contributed by atoms with Crippen molar-refractivity contribution in [2.45, 2.75) is 20.8 Å². The van der Waals surface area contributed by atoms with Crippen molar-refractivity contribution in [2.75, 3.05) is 32.5 Å². The minimum absolute atomic E-state index is 0.143. The van der Waals surface area contributed by atoms with Crippen LogP contribution in [0.2, 0.25) is 0 Å². The zero-order valence-electron chi connectivity index (χ0n) is 22.0. The Bertz CT molecular complexity index is 1820. The number of hydrogen-bond acceptors (Lipinski definition) is 8. The molecule has 6 aromatic rings. The molecule has 9 nitrogen and oxygen atoms in total. The molecule has 4 aromatic heterocycles. The highest BCUT2D eigenvalue weighted by Crippen LogP contribution is 2.42. The average Bonchev–Trinajstić information content (AvgIpc) is 3.40. The molecule has 3 N–H and O–H groups in total. The Morgan fingerprint density at radius 1 is 0.974 bits per heavy atom. The van der Waals surface area contributed by atoms with Crippen LogP contribution in [-0.2, 0) is 0 Å². The predicted molar refractivity (Wildman–Crippen MR) is 151 cm³/mol. The van der Waals surface area contributed by atoms with E-state index in [1.54, 1.807) is 6.07 Å². The lowest BCUT2D eigenvalue weighted by molar-refractivity contribution is 0.393. The number of nitrogens with zero attached hydrogens (tertiary/aromatic N) is 5. The first-order valence-electron chi connectivity index (χ1n) is 12.5. The van der Waals surface area contributed by atoms with Crippen molar-refractivity contribution in [3.63, 3.8) is 0 Å². The molecular weight excluding hydrogens is 478 g/mol. The number of phenolic OH excluding ortho intramolecular Hbond substituents is 1. The highest BCUT2D eigenvalue weighted by molar-refractivity contribution is 6.15. The van der Waals surface area contributed by atoms with Gasteiger partial charge < -0.3 is 24.8 Å². The van der Waals surface area contributed by atoms with Gasteiger partial charge in [0.15, 0.2) is 0 Å². The van der Waals surface area contributed by atoms with Gasteiger partial charge in [0.25, 0.3) is 0 Å². The second-order valence-electron chi connectivity index (χ2n) is 9.88. The molecule has 0 aliphatic carbocycles. The number of hydrogen-bond donors (Lipinski definition) is 3. The van der Waals surface area contributed by atoms with Gasteiger partial charge in [-0.15, -0.1) is 0 Å². The molecule has 0 aliphatic rings. The van der Waals surface area contributed by atoms with E-state index in [0.717, 1.165) is 68.6 Å². The number of pyridine rings is 1. The Morgan fingerprint density at radius 2 is 1.79 bits per heavy atom. The average molecular weight is 508 g/mol. The lowest BCUT2D eigenvalue weighted by Crippen LogP contribution is -2.21. The standard InChI is InChI=1S/C29H29N7O2/c1-15-26(16(2)38-35-15)21-12-23-20(13-24(21)37)27-28(31-17(3)32-29(27)34-23)19-14-25(30-10-11-36(4)5)33-22-9-7-6-8-18(19)22/h6-9,12-14,37H,10-11H2,1-5H3,(H,30,33)(H,31,32,34). The molecule has 4 heterocycles. The van der Waals surface area contributed by atoms with Crippen LogP contribution in [0.25, 0.3) is 55.2 Å². The van der Waals surface area contributed by atoms with Crippen molar-refractivity contribution >= 4 is 38.7 Å². The number of phenols is 1. The number of aryl methyl sites for hydroxylation is 3.